The van der Waals surface area contributed by atoms with Gasteiger partial charge in [-0.15, -0.1) is 0 Å². The fourth-order valence-corrected chi connectivity index (χ4v) is 2.05. The number of nitro groups is 1. The third-order valence-corrected chi connectivity index (χ3v) is 3.43. The predicted molar refractivity (Wildman–Crippen MR) is 70.7 cm³/mol. The maximum Gasteiger partial charge on any atom is 0.272 e. The van der Waals surface area contributed by atoms with Crippen molar-refractivity contribution in [1.82, 2.24) is 0 Å². The summed E-state index contributed by atoms with van der Waals surface area (Å²) in [6, 6.07) is 3.41. The van der Waals surface area contributed by atoms with E-state index in [1.165, 1.54) is 12.1 Å². The summed E-state index contributed by atoms with van der Waals surface area (Å²) in [4.78, 5) is 9.82. The first kappa shape index (κ1) is 14.9. The van der Waals surface area contributed by atoms with E-state index in [1.807, 2.05) is 0 Å². The molecule has 1 aromatic carbocycles. The van der Waals surface area contributed by atoms with Crippen LogP contribution in [0.2, 0.25) is 0 Å². The average molecular weight is 320 g/mol. The standard InChI is InChI=1S/C12H15BrFNO3/c1-2-3-9(7-13)8-18-12-5-4-10(15(16)17)6-11(12)14/h4-6,9H,2-3,7-8H2,1H3. The van der Waals surface area contributed by atoms with Crippen molar-refractivity contribution in [2.75, 3.05) is 11.9 Å². The van der Waals surface area contributed by atoms with Crippen molar-refractivity contribution in [2.45, 2.75) is 19.8 Å². The Kier molecular flexibility index (Phi) is 6.04. The van der Waals surface area contributed by atoms with E-state index in [-0.39, 0.29) is 11.4 Å². The van der Waals surface area contributed by atoms with E-state index in [0.29, 0.717) is 12.5 Å². The summed E-state index contributed by atoms with van der Waals surface area (Å²) < 4.78 is 18.9. The second-order valence-electron chi connectivity index (χ2n) is 3.99. The highest BCUT2D eigenvalue weighted by molar-refractivity contribution is 9.09. The van der Waals surface area contributed by atoms with Crippen molar-refractivity contribution >= 4 is 21.6 Å². The molecule has 0 aliphatic heterocycles. The first-order chi connectivity index (χ1) is 8.58. The van der Waals surface area contributed by atoms with Gasteiger partial charge in [0.2, 0.25) is 0 Å². The number of benzene rings is 1. The monoisotopic (exact) mass is 319 g/mol. The molecule has 4 nitrogen and oxygen atoms in total. The highest BCUT2D eigenvalue weighted by atomic mass is 79.9. The second kappa shape index (κ2) is 7.31. The fourth-order valence-electron chi connectivity index (χ4n) is 1.54. The molecule has 1 atom stereocenters. The van der Waals surface area contributed by atoms with Gasteiger partial charge in [-0.05, 0) is 12.5 Å². The maximum absolute atomic E-state index is 13.5. The van der Waals surface area contributed by atoms with Crippen LogP contribution in [0.5, 0.6) is 5.75 Å². The van der Waals surface area contributed by atoms with Gasteiger partial charge in [-0.25, -0.2) is 4.39 Å². The second-order valence-corrected chi connectivity index (χ2v) is 4.64. The summed E-state index contributed by atoms with van der Waals surface area (Å²) in [6.45, 7) is 2.47. The minimum absolute atomic E-state index is 0.0580. The molecular formula is C12H15BrFNO3. The summed E-state index contributed by atoms with van der Waals surface area (Å²) >= 11 is 3.38. The minimum Gasteiger partial charge on any atom is -0.490 e. The zero-order valence-electron chi connectivity index (χ0n) is 10.1. The van der Waals surface area contributed by atoms with Gasteiger partial charge in [0.05, 0.1) is 17.6 Å². The van der Waals surface area contributed by atoms with E-state index in [9.17, 15) is 14.5 Å². The van der Waals surface area contributed by atoms with Gasteiger partial charge in [0.15, 0.2) is 11.6 Å². The van der Waals surface area contributed by atoms with Crippen molar-refractivity contribution in [3.63, 3.8) is 0 Å². The molecule has 100 valence electrons. The first-order valence-electron chi connectivity index (χ1n) is 5.71. The highest BCUT2D eigenvalue weighted by Crippen LogP contribution is 2.23. The van der Waals surface area contributed by atoms with Crippen molar-refractivity contribution in [2.24, 2.45) is 5.92 Å². The molecule has 0 heterocycles. The third-order valence-electron chi connectivity index (χ3n) is 2.52. The van der Waals surface area contributed by atoms with Crippen LogP contribution in [0.1, 0.15) is 19.8 Å². The van der Waals surface area contributed by atoms with Crippen LogP contribution in [0.3, 0.4) is 0 Å². The minimum atomic E-state index is -0.700. The van der Waals surface area contributed by atoms with Crippen LogP contribution in [-0.2, 0) is 0 Å². The molecule has 0 spiro atoms. The molecule has 0 radical (unpaired) electrons. The molecule has 1 rings (SSSR count). The largest absolute Gasteiger partial charge is 0.490 e. The number of nitro benzene ring substituents is 1. The number of rotatable bonds is 7. The van der Waals surface area contributed by atoms with Gasteiger partial charge < -0.3 is 4.74 Å². The molecule has 0 aromatic heterocycles. The summed E-state index contributed by atoms with van der Waals surface area (Å²) in [5.74, 6) is -0.332. The van der Waals surface area contributed by atoms with Gasteiger partial charge in [0.25, 0.3) is 5.69 Å². The number of non-ortho nitro benzene ring substituents is 1. The number of ether oxygens (including phenoxy) is 1. The van der Waals surface area contributed by atoms with Crippen LogP contribution >= 0.6 is 15.9 Å². The molecule has 0 N–H and O–H groups in total. The van der Waals surface area contributed by atoms with E-state index < -0.39 is 10.7 Å². The number of alkyl halides is 1. The Morgan fingerprint density at radius 3 is 2.78 bits per heavy atom. The highest BCUT2D eigenvalue weighted by Gasteiger charge is 2.13. The molecule has 6 heteroatoms. The molecule has 1 aromatic rings. The van der Waals surface area contributed by atoms with Gasteiger partial charge in [-0.2, -0.15) is 0 Å². The summed E-state index contributed by atoms with van der Waals surface area (Å²) in [6.07, 6.45) is 2.02. The topological polar surface area (TPSA) is 52.4 Å². The predicted octanol–water partition coefficient (Wildman–Crippen LogP) is 3.92. The van der Waals surface area contributed by atoms with E-state index in [1.54, 1.807) is 0 Å². The van der Waals surface area contributed by atoms with Crippen molar-refractivity contribution in [1.29, 1.82) is 0 Å². The Labute approximate surface area is 113 Å². The molecule has 0 fully saturated rings. The quantitative estimate of drug-likeness (QED) is 0.435. The molecule has 18 heavy (non-hydrogen) atoms. The fraction of sp³-hybridized carbons (Fsp3) is 0.500. The van der Waals surface area contributed by atoms with Crippen LogP contribution in [0.4, 0.5) is 10.1 Å². The van der Waals surface area contributed by atoms with Crippen LogP contribution in [0.15, 0.2) is 18.2 Å². The number of hydrogen-bond donors (Lipinski definition) is 0. The molecule has 0 aliphatic rings. The lowest BCUT2D eigenvalue weighted by atomic mass is 10.1. The van der Waals surface area contributed by atoms with Crippen molar-refractivity contribution in [3.8, 4) is 5.75 Å². The van der Waals surface area contributed by atoms with Crippen molar-refractivity contribution in [3.05, 3.63) is 34.1 Å². The van der Waals surface area contributed by atoms with Crippen LogP contribution < -0.4 is 4.74 Å². The van der Waals surface area contributed by atoms with Crippen LogP contribution in [-0.4, -0.2) is 16.9 Å². The summed E-state index contributed by atoms with van der Waals surface area (Å²) in [7, 11) is 0. The number of halogens is 2. The maximum atomic E-state index is 13.5. The molecule has 0 bridgehead atoms. The Balaban J connectivity index is 2.65. The third kappa shape index (κ3) is 4.25. The molecule has 0 aliphatic carbocycles. The zero-order valence-corrected chi connectivity index (χ0v) is 11.7. The number of hydrogen-bond acceptors (Lipinski definition) is 3. The van der Waals surface area contributed by atoms with Crippen LogP contribution in [0, 0.1) is 21.8 Å². The van der Waals surface area contributed by atoms with E-state index in [4.69, 9.17) is 4.74 Å². The zero-order chi connectivity index (χ0) is 13.5. The first-order valence-corrected chi connectivity index (χ1v) is 6.83. The lowest BCUT2D eigenvalue weighted by Gasteiger charge is -2.14. The van der Waals surface area contributed by atoms with Gasteiger partial charge in [0, 0.05) is 17.3 Å². The molecular weight excluding hydrogens is 305 g/mol. The molecule has 1 unspecified atom stereocenters. The average Bonchev–Trinajstić information content (AvgIpc) is 2.35. The normalized spacial score (nSPS) is 12.2. The van der Waals surface area contributed by atoms with Gasteiger partial charge >= 0.3 is 0 Å². The Bertz CT molecular complexity index is 414. The van der Waals surface area contributed by atoms with E-state index in [2.05, 4.69) is 22.9 Å². The molecule has 0 saturated heterocycles. The Hall–Kier alpha value is -1.17. The van der Waals surface area contributed by atoms with Crippen LogP contribution in [0.25, 0.3) is 0 Å². The van der Waals surface area contributed by atoms with E-state index >= 15 is 0 Å². The lowest BCUT2D eigenvalue weighted by Crippen LogP contribution is -2.13. The summed E-state index contributed by atoms with van der Waals surface area (Å²) in [5, 5.41) is 11.2. The number of nitrogens with zero attached hydrogens (tertiary/aromatic N) is 1. The molecule has 0 amide bonds. The Morgan fingerprint density at radius 2 is 2.28 bits per heavy atom. The van der Waals surface area contributed by atoms with E-state index in [0.717, 1.165) is 24.2 Å². The van der Waals surface area contributed by atoms with Gasteiger partial charge in [-0.1, -0.05) is 29.3 Å². The van der Waals surface area contributed by atoms with Gasteiger partial charge in [0.1, 0.15) is 0 Å². The summed E-state index contributed by atoms with van der Waals surface area (Å²) in [5.41, 5.74) is -0.273. The van der Waals surface area contributed by atoms with Gasteiger partial charge in [-0.3, -0.25) is 10.1 Å². The Morgan fingerprint density at radius 1 is 1.56 bits per heavy atom. The lowest BCUT2D eigenvalue weighted by molar-refractivity contribution is -0.385. The molecule has 0 saturated carbocycles. The smallest absolute Gasteiger partial charge is 0.272 e. The van der Waals surface area contributed by atoms with Crippen molar-refractivity contribution < 1.29 is 14.1 Å². The SMILES string of the molecule is CCCC(CBr)COc1ccc([N+](=O)[O-])cc1F.